The van der Waals surface area contributed by atoms with Crippen LogP contribution in [0.25, 0.3) is 0 Å². The lowest BCUT2D eigenvalue weighted by atomic mass is 9.79. The second kappa shape index (κ2) is 4.52. The molecule has 2 unspecified atom stereocenters. The molecule has 3 aliphatic rings. The molecule has 17 heavy (non-hydrogen) atoms. The molecule has 3 rings (SSSR count). The molecule has 0 bridgehead atoms. The van der Waals surface area contributed by atoms with Gasteiger partial charge in [0.1, 0.15) is 5.54 Å². The van der Waals surface area contributed by atoms with Crippen molar-refractivity contribution in [2.75, 3.05) is 20.1 Å². The molecule has 3 atom stereocenters. The standard InChI is InChI=1S/C15H26N.HI/c1-4-12-10-15(2)14-7-5-6-13(14)8-9-16(15,3)11-12;/h12H,4-11H2,1-3H3;1H/q+1;/p-1/t12?,15-,16?;/m1./s1. The van der Waals surface area contributed by atoms with Crippen molar-refractivity contribution in [3.63, 3.8) is 0 Å². The van der Waals surface area contributed by atoms with E-state index in [4.69, 9.17) is 0 Å². The van der Waals surface area contributed by atoms with Crippen molar-refractivity contribution < 1.29 is 28.5 Å². The average Bonchev–Trinajstić information content (AvgIpc) is 2.81. The Bertz CT molecular complexity index is 349. The zero-order valence-corrected chi connectivity index (χ0v) is 13.7. The van der Waals surface area contributed by atoms with Gasteiger partial charge in [0.05, 0.1) is 20.1 Å². The van der Waals surface area contributed by atoms with E-state index in [0.717, 1.165) is 5.92 Å². The van der Waals surface area contributed by atoms with E-state index in [0.29, 0.717) is 5.54 Å². The summed E-state index contributed by atoms with van der Waals surface area (Å²) in [5.41, 5.74) is 4.26. The number of nitrogens with zero attached hydrogens (tertiary/aromatic N) is 1. The summed E-state index contributed by atoms with van der Waals surface area (Å²) in [7, 11) is 2.53. The van der Waals surface area contributed by atoms with Crippen LogP contribution in [0.4, 0.5) is 0 Å². The van der Waals surface area contributed by atoms with Gasteiger partial charge in [0, 0.05) is 18.8 Å². The normalized spacial score (nSPS) is 44.3. The van der Waals surface area contributed by atoms with Crippen LogP contribution in [0.5, 0.6) is 0 Å². The quantitative estimate of drug-likeness (QED) is 0.368. The molecule has 0 N–H and O–H groups in total. The first-order chi connectivity index (χ1) is 7.59. The van der Waals surface area contributed by atoms with Gasteiger partial charge in [-0.1, -0.05) is 12.5 Å². The molecule has 2 heterocycles. The SMILES string of the molecule is CCC1C[C@]2(C)C3=C(CCC3)CC[N+]2(C)C1.[I-]. The number of likely N-dealkylation sites (N-methyl/N-ethyl adjacent to an activating group) is 1. The molecule has 98 valence electrons. The van der Waals surface area contributed by atoms with Gasteiger partial charge in [-0.3, -0.25) is 0 Å². The third-order valence-corrected chi connectivity index (χ3v) is 6.01. The molecule has 0 amide bonds. The van der Waals surface area contributed by atoms with Crippen LogP contribution in [0.2, 0.25) is 0 Å². The summed E-state index contributed by atoms with van der Waals surface area (Å²) in [6.07, 6.45) is 8.51. The molecule has 0 radical (unpaired) electrons. The van der Waals surface area contributed by atoms with Crippen LogP contribution in [0.1, 0.15) is 52.4 Å². The number of fused-ring (bicyclic) bond motifs is 2. The fraction of sp³-hybridized carbons (Fsp3) is 0.867. The van der Waals surface area contributed by atoms with Crippen molar-refractivity contribution in [1.82, 2.24) is 0 Å². The summed E-state index contributed by atoms with van der Waals surface area (Å²) in [4.78, 5) is 0. The third kappa shape index (κ3) is 1.81. The zero-order chi connectivity index (χ0) is 11.4. The first-order valence-electron chi connectivity index (χ1n) is 7.15. The van der Waals surface area contributed by atoms with Crippen LogP contribution < -0.4 is 24.0 Å². The minimum absolute atomic E-state index is 0. The number of hydrogen-bond acceptors (Lipinski definition) is 0. The van der Waals surface area contributed by atoms with Gasteiger partial charge >= 0.3 is 0 Å². The maximum absolute atomic E-state index is 2.57. The Balaban J connectivity index is 0.00000108. The van der Waals surface area contributed by atoms with Gasteiger partial charge in [0.25, 0.3) is 0 Å². The molecule has 1 saturated heterocycles. The van der Waals surface area contributed by atoms with Gasteiger partial charge in [-0.2, -0.15) is 0 Å². The van der Waals surface area contributed by atoms with E-state index in [9.17, 15) is 0 Å². The minimum Gasteiger partial charge on any atom is -1.00 e. The van der Waals surface area contributed by atoms with Crippen LogP contribution in [-0.2, 0) is 0 Å². The summed E-state index contributed by atoms with van der Waals surface area (Å²) in [5.74, 6) is 0.974. The van der Waals surface area contributed by atoms with Gasteiger partial charge in [-0.05, 0) is 38.2 Å². The molecule has 0 saturated carbocycles. The number of hydrogen-bond donors (Lipinski definition) is 0. The Hall–Kier alpha value is 0.430. The number of rotatable bonds is 1. The topological polar surface area (TPSA) is 0 Å². The predicted molar refractivity (Wildman–Crippen MR) is 68.2 cm³/mol. The fourth-order valence-corrected chi connectivity index (χ4v) is 4.79. The molecule has 1 aliphatic carbocycles. The Kier molecular flexibility index (Phi) is 3.68. The predicted octanol–water partition coefficient (Wildman–Crippen LogP) is 0.510. The molecule has 0 spiro atoms. The minimum atomic E-state index is 0. The molecule has 0 aromatic carbocycles. The molecule has 1 fully saturated rings. The van der Waals surface area contributed by atoms with Gasteiger partial charge in [-0.25, -0.2) is 0 Å². The summed E-state index contributed by atoms with van der Waals surface area (Å²) >= 11 is 0. The van der Waals surface area contributed by atoms with Crippen molar-refractivity contribution >= 4 is 0 Å². The summed E-state index contributed by atoms with van der Waals surface area (Å²) in [6, 6.07) is 0. The Labute approximate surface area is 123 Å². The van der Waals surface area contributed by atoms with E-state index in [1.807, 2.05) is 11.1 Å². The highest BCUT2D eigenvalue weighted by atomic mass is 127. The van der Waals surface area contributed by atoms with Crippen LogP contribution in [-0.4, -0.2) is 30.2 Å². The number of quaternary nitrogens is 1. The maximum atomic E-state index is 2.57. The monoisotopic (exact) mass is 347 g/mol. The molecule has 0 aromatic heterocycles. The fourth-order valence-electron chi connectivity index (χ4n) is 4.79. The van der Waals surface area contributed by atoms with Crippen molar-refractivity contribution in [1.29, 1.82) is 0 Å². The average molecular weight is 347 g/mol. The highest BCUT2D eigenvalue weighted by Gasteiger charge is 2.57. The van der Waals surface area contributed by atoms with Crippen molar-refractivity contribution in [3.8, 4) is 0 Å². The van der Waals surface area contributed by atoms with E-state index >= 15 is 0 Å². The van der Waals surface area contributed by atoms with E-state index in [2.05, 4.69) is 20.9 Å². The van der Waals surface area contributed by atoms with Crippen LogP contribution in [0.15, 0.2) is 11.1 Å². The molecular weight excluding hydrogens is 321 g/mol. The van der Waals surface area contributed by atoms with Crippen LogP contribution >= 0.6 is 0 Å². The van der Waals surface area contributed by atoms with Gasteiger partial charge < -0.3 is 28.5 Å². The molecule has 2 heteroatoms. The lowest BCUT2D eigenvalue weighted by Crippen LogP contribution is -3.00. The summed E-state index contributed by atoms with van der Waals surface area (Å²) < 4.78 is 1.35. The Morgan fingerprint density at radius 2 is 2.06 bits per heavy atom. The van der Waals surface area contributed by atoms with E-state index in [1.54, 1.807) is 0 Å². The smallest absolute Gasteiger partial charge is 0.118 e. The Morgan fingerprint density at radius 1 is 1.29 bits per heavy atom. The van der Waals surface area contributed by atoms with E-state index in [-0.39, 0.29) is 24.0 Å². The van der Waals surface area contributed by atoms with Crippen molar-refractivity contribution in [2.24, 2.45) is 5.92 Å². The molecule has 0 aromatic rings. The van der Waals surface area contributed by atoms with E-state index in [1.165, 1.54) is 56.1 Å². The molecular formula is C15H26IN. The lowest BCUT2D eigenvalue weighted by molar-refractivity contribution is -0.941. The maximum Gasteiger partial charge on any atom is 0.118 e. The zero-order valence-electron chi connectivity index (χ0n) is 11.6. The molecule has 1 nitrogen and oxygen atoms in total. The highest BCUT2D eigenvalue weighted by molar-refractivity contribution is 5.31. The van der Waals surface area contributed by atoms with Gasteiger partial charge in [0.15, 0.2) is 0 Å². The third-order valence-electron chi connectivity index (χ3n) is 6.01. The van der Waals surface area contributed by atoms with Crippen LogP contribution in [0, 0.1) is 5.92 Å². The number of halogens is 1. The van der Waals surface area contributed by atoms with Crippen LogP contribution in [0.3, 0.4) is 0 Å². The highest BCUT2D eigenvalue weighted by Crippen LogP contribution is 2.52. The second-order valence-corrected chi connectivity index (χ2v) is 6.74. The van der Waals surface area contributed by atoms with Gasteiger partial charge in [0.2, 0.25) is 0 Å². The van der Waals surface area contributed by atoms with Crippen molar-refractivity contribution in [3.05, 3.63) is 11.1 Å². The second-order valence-electron chi connectivity index (χ2n) is 6.74. The largest absolute Gasteiger partial charge is 1.00 e. The van der Waals surface area contributed by atoms with E-state index < -0.39 is 0 Å². The van der Waals surface area contributed by atoms with Gasteiger partial charge in [-0.15, -0.1) is 0 Å². The molecule has 2 aliphatic heterocycles. The first kappa shape index (κ1) is 13.9. The first-order valence-corrected chi connectivity index (χ1v) is 7.15. The van der Waals surface area contributed by atoms with Crippen molar-refractivity contribution in [2.45, 2.75) is 57.9 Å². The summed E-state index contributed by atoms with van der Waals surface area (Å²) in [6.45, 7) is 7.79. The Morgan fingerprint density at radius 3 is 2.76 bits per heavy atom. The summed E-state index contributed by atoms with van der Waals surface area (Å²) in [5, 5.41) is 0. The lowest BCUT2D eigenvalue weighted by Gasteiger charge is -2.48.